The van der Waals surface area contributed by atoms with Crippen LogP contribution in [0.25, 0.3) is 16.4 Å². The van der Waals surface area contributed by atoms with E-state index in [4.69, 9.17) is 0 Å². The number of benzene rings is 1. The maximum Gasteiger partial charge on any atom is 0.253 e. The van der Waals surface area contributed by atoms with E-state index in [2.05, 4.69) is 53.7 Å². The highest BCUT2D eigenvalue weighted by Gasteiger charge is 2.24. The van der Waals surface area contributed by atoms with Crippen molar-refractivity contribution in [2.24, 2.45) is 5.92 Å². The molecule has 0 N–H and O–H groups in total. The van der Waals surface area contributed by atoms with Gasteiger partial charge in [0.15, 0.2) is 0 Å². The van der Waals surface area contributed by atoms with E-state index in [1.54, 1.807) is 11.3 Å². The quantitative estimate of drug-likeness (QED) is 0.537. The van der Waals surface area contributed by atoms with Crippen LogP contribution in [0.4, 0.5) is 0 Å². The summed E-state index contributed by atoms with van der Waals surface area (Å²) in [5, 5.41) is 3.07. The van der Waals surface area contributed by atoms with Gasteiger partial charge in [-0.1, -0.05) is 6.92 Å². The molecule has 1 aliphatic rings. The van der Waals surface area contributed by atoms with E-state index in [-0.39, 0.29) is 5.91 Å². The second-order valence-corrected chi connectivity index (χ2v) is 9.85. The minimum absolute atomic E-state index is 0.0776. The molecule has 0 radical (unpaired) electrons. The summed E-state index contributed by atoms with van der Waals surface area (Å²) in [7, 11) is 6.00. The number of carbonyl (C=O) groups is 1. The summed E-state index contributed by atoms with van der Waals surface area (Å²) in [6.07, 6.45) is 6.25. The van der Waals surface area contributed by atoms with Crippen molar-refractivity contribution in [1.29, 1.82) is 0 Å². The van der Waals surface area contributed by atoms with Crippen molar-refractivity contribution in [3.8, 4) is 16.4 Å². The average Bonchev–Trinajstić information content (AvgIpc) is 3.40. The molecule has 5 nitrogen and oxygen atoms in total. The highest BCUT2D eigenvalue weighted by atomic mass is 32.1. The first kappa shape index (κ1) is 21.8. The lowest BCUT2D eigenvalue weighted by atomic mass is 9.89. The minimum Gasteiger partial charge on any atom is -0.342 e. The van der Waals surface area contributed by atoms with E-state index >= 15 is 0 Å². The summed E-state index contributed by atoms with van der Waals surface area (Å²) in [4.78, 5) is 21.4. The molecule has 2 heterocycles. The molecule has 6 heteroatoms. The van der Waals surface area contributed by atoms with Crippen LogP contribution in [0.3, 0.4) is 0 Å². The van der Waals surface area contributed by atoms with Gasteiger partial charge < -0.3 is 14.4 Å². The predicted molar refractivity (Wildman–Crippen MR) is 128 cm³/mol. The Labute approximate surface area is 189 Å². The molecule has 3 aromatic rings. The topological polar surface area (TPSA) is 41.4 Å². The van der Waals surface area contributed by atoms with Gasteiger partial charge in [0, 0.05) is 42.1 Å². The van der Waals surface area contributed by atoms with Crippen LogP contribution in [0.2, 0.25) is 0 Å². The van der Waals surface area contributed by atoms with Crippen LogP contribution in [-0.2, 0) is 12.8 Å². The lowest BCUT2D eigenvalue weighted by molar-refractivity contribution is 0.0790. The summed E-state index contributed by atoms with van der Waals surface area (Å²) in [6, 6.07) is 10.4. The van der Waals surface area contributed by atoms with Crippen molar-refractivity contribution in [3.05, 3.63) is 58.7 Å². The molecule has 0 spiro atoms. The van der Waals surface area contributed by atoms with Gasteiger partial charge in [-0.25, -0.2) is 4.98 Å². The van der Waals surface area contributed by atoms with Crippen LogP contribution in [-0.4, -0.2) is 59.5 Å². The lowest BCUT2D eigenvalue weighted by Crippen LogP contribution is -2.29. The molecule has 1 atom stereocenters. The first-order chi connectivity index (χ1) is 14.9. The molecule has 4 rings (SSSR count). The van der Waals surface area contributed by atoms with Gasteiger partial charge in [-0.2, -0.15) is 0 Å². The van der Waals surface area contributed by atoms with Gasteiger partial charge in [0.1, 0.15) is 5.01 Å². The van der Waals surface area contributed by atoms with Crippen LogP contribution >= 0.6 is 11.3 Å². The SMILES string of the molecule is CC1CCc2c(cc(-c3nccs3)n2-c2ccc(C(=O)N(C)CCCN(C)C)cc2)C1. The monoisotopic (exact) mass is 436 g/mol. The fourth-order valence-electron chi connectivity index (χ4n) is 4.41. The van der Waals surface area contributed by atoms with E-state index in [0.29, 0.717) is 0 Å². The van der Waals surface area contributed by atoms with Crippen molar-refractivity contribution in [1.82, 2.24) is 19.4 Å². The van der Waals surface area contributed by atoms with Crippen molar-refractivity contribution in [2.45, 2.75) is 32.6 Å². The second-order valence-electron chi connectivity index (χ2n) is 8.95. The number of rotatable bonds is 7. The Morgan fingerprint density at radius 3 is 2.65 bits per heavy atom. The first-order valence-electron chi connectivity index (χ1n) is 11.1. The van der Waals surface area contributed by atoms with Gasteiger partial charge in [-0.3, -0.25) is 4.79 Å². The van der Waals surface area contributed by atoms with Gasteiger partial charge in [-0.05, 0) is 88.1 Å². The fraction of sp³-hybridized carbons (Fsp3) is 0.440. The Hall–Kier alpha value is -2.44. The van der Waals surface area contributed by atoms with E-state index in [1.807, 2.05) is 35.7 Å². The zero-order valence-corrected chi connectivity index (χ0v) is 19.8. The van der Waals surface area contributed by atoms with Crippen LogP contribution in [0.1, 0.15) is 41.4 Å². The third kappa shape index (κ3) is 4.75. The van der Waals surface area contributed by atoms with Crippen molar-refractivity contribution < 1.29 is 4.79 Å². The molecule has 1 aromatic carbocycles. The van der Waals surface area contributed by atoms with Gasteiger partial charge >= 0.3 is 0 Å². The summed E-state index contributed by atoms with van der Waals surface area (Å²) >= 11 is 1.67. The lowest BCUT2D eigenvalue weighted by Gasteiger charge is -2.21. The highest BCUT2D eigenvalue weighted by Crippen LogP contribution is 2.36. The number of fused-ring (bicyclic) bond motifs is 1. The van der Waals surface area contributed by atoms with Crippen LogP contribution < -0.4 is 0 Å². The van der Waals surface area contributed by atoms with Crippen LogP contribution in [0, 0.1) is 5.92 Å². The largest absolute Gasteiger partial charge is 0.342 e. The Morgan fingerprint density at radius 2 is 1.97 bits per heavy atom. The molecule has 1 aliphatic carbocycles. The standard InChI is InChI=1S/C25H32N4OS/c1-18-6-11-22-20(16-18)17-23(24-26-12-15-31-24)29(22)21-9-7-19(8-10-21)25(30)28(4)14-5-13-27(2)3/h7-10,12,15,17-18H,5-6,11,13-14,16H2,1-4H3. The maximum atomic E-state index is 12.8. The highest BCUT2D eigenvalue weighted by molar-refractivity contribution is 7.13. The third-order valence-corrected chi connectivity index (χ3v) is 6.90. The number of nitrogens with zero attached hydrogens (tertiary/aromatic N) is 4. The molecule has 164 valence electrons. The molecule has 0 saturated carbocycles. The molecule has 31 heavy (non-hydrogen) atoms. The van der Waals surface area contributed by atoms with Gasteiger partial charge in [0.2, 0.25) is 0 Å². The number of hydrogen-bond donors (Lipinski definition) is 0. The normalized spacial score (nSPS) is 15.8. The van der Waals surface area contributed by atoms with Crippen molar-refractivity contribution in [2.75, 3.05) is 34.2 Å². The Morgan fingerprint density at radius 1 is 1.19 bits per heavy atom. The van der Waals surface area contributed by atoms with E-state index in [0.717, 1.165) is 60.2 Å². The molecule has 0 saturated heterocycles. The van der Waals surface area contributed by atoms with Gasteiger partial charge in [0.25, 0.3) is 5.91 Å². The summed E-state index contributed by atoms with van der Waals surface area (Å²) in [5.41, 5.74) is 5.83. The number of amides is 1. The average molecular weight is 437 g/mol. The number of aromatic nitrogens is 2. The Balaban J connectivity index is 1.60. The zero-order chi connectivity index (χ0) is 22.0. The van der Waals surface area contributed by atoms with Crippen LogP contribution in [0.15, 0.2) is 41.9 Å². The fourth-order valence-corrected chi connectivity index (χ4v) is 5.06. The van der Waals surface area contributed by atoms with E-state index in [9.17, 15) is 4.79 Å². The zero-order valence-electron chi connectivity index (χ0n) is 19.0. The second kappa shape index (κ2) is 9.37. The first-order valence-corrected chi connectivity index (χ1v) is 12.0. The maximum absolute atomic E-state index is 12.8. The molecule has 1 amide bonds. The third-order valence-electron chi connectivity index (χ3n) is 6.10. The van der Waals surface area contributed by atoms with E-state index < -0.39 is 0 Å². The molecule has 0 bridgehead atoms. The van der Waals surface area contributed by atoms with Gasteiger partial charge in [-0.15, -0.1) is 11.3 Å². The smallest absolute Gasteiger partial charge is 0.253 e. The van der Waals surface area contributed by atoms with E-state index in [1.165, 1.54) is 17.7 Å². The summed E-state index contributed by atoms with van der Waals surface area (Å²) < 4.78 is 2.36. The number of hydrogen-bond acceptors (Lipinski definition) is 4. The summed E-state index contributed by atoms with van der Waals surface area (Å²) in [5.74, 6) is 0.796. The van der Waals surface area contributed by atoms with Gasteiger partial charge in [0.05, 0.1) is 5.69 Å². The Kier molecular flexibility index (Phi) is 6.58. The molecule has 2 aromatic heterocycles. The molecule has 1 unspecified atom stereocenters. The van der Waals surface area contributed by atoms with Crippen LogP contribution in [0.5, 0.6) is 0 Å². The minimum atomic E-state index is 0.0776. The Bertz CT molecular complexity index is 1020. The number of thiazole rings is 1. The molecular weight excluding hydrogens is 404 g/mol. The summed E-state index contributed by atoms with van der Waals surface area (Å²) in [6.45, 7) is 4.07. The van der Waals surface area contributed by atoms with Crippen molar-refractivity contribution >= 4 is 17.2 Å². The van der Waals surface area contributed by atoms with Crippen molar-refractivity contribution in [3.63, 3.8) is 0 Å². The number of carbonyl (C=O) groups excluding carboxylic acids is 1. The molecule has 0 fully saturated rings. The molecular formula is C25H32N4OS. The molecule has 0 aliphatic heterocycles. The predicted octanol–water partition coefficient (Wildman–Crippen LogP) is 4.75.